The monoisotopic (exact) mass is 347 g/mol. The van der Waals surface area contributed by atoms with Gasteiger partial charge in [-0.05, 0) is 31.5 Å². The molecule has 0 aliphatic rings. The van der Waals surface area contributed by atoms with Crippen LogP contribution in [0.15, 0.2) is 35.2 Å². The van der Waals surface area contributed by atoms with Gasteiger partial charge in [0.25, 0.3) is 0 Å². The van der Waals surface area contributed by atoms with E-state index in [1.807, 2.05) is 43.5 Å². The Bertz CT molecular complexity index is 629. The molecule has 24 heavy (non-hydrogen) atoms. The zero-order valence-electron chi connectivity index (χ0n) is 14.0. The highest BCUT2D eigenvalue weighted by atomic mass is 32.1. The molecule has 0 aliphatic carbocycles. The summed E-state index contributed by atoms with van der Waals surface area (Å²) in [5, 5.41) is 8.16. The van der Waals surface area contributed by atoms with Gasteiger partial charge in [0.2, 0.25) is 5.91 Å². The Morgan fingerprint density at radius 3 is 2.62 bits per heavy atom. The Labute approximate surface area is 146 Å². The van der Waals surface area contributed by atoms with E-state index in [0.717, 1.165) is 11.3 Å². The molecule has 7 heteroatoms. The van der Waals surface area contributed by atoms with E-state index in [1.54, 1.807) is 16.8 Å². The van der Waals surface area contributed by atoms with E-state index in [1.165, 1.54) is 0 Å². The molecule has 0 radical (unpaired) electrons. The molecule has 0 bridgehead atoms. The third kappa shape index (κ3) is 5.59. The van der Waals surface area contributed by atoms with E-state index in [2.05, 4.69) is 15.6 Å². The Kier molecular flexibility index (Phi) is 6.72. The Hall–Kier alpha value is -1.96. The van der Waals surface area contributed by atoms with Gasteiger partial charge < -0.3 is 22.1 Å². The summed E-state index contributed by atoms with van der Waals surface area (Å²) in [6.45, 7) is 4.34. The van der Waals surface area contributed by atoms with Crippen LogP contribution in [0.4, 0.5) is 5.69 Å². The number of benzene rings is 1. The van der Waals surface area contributed by atoms with Crippen molar-refractivity contribution in [2.45, 2.75) is 38.4 Å². The Morgan fingerprint density at radius 2 is 2.00 bits per heavy atom. The lowest BCUT2D eigenvalue weighted by molar-refractivity contribution is -0.123. The lowest BCUT2D eigenvalue weighted by Crippen LogP contribution is -2.47. The average Bonchev–Trinajstić information content (AvgIpc) is 3.06. The molecule has 1 aromatic heterocycles. The second-order valence-corrected chi connectivity index (χ2v) is 6.69. The summed E-state index contributed by atoms with van der Waals surface area (Å²) < 4.78 is 0. The number of anilines is 1. The number of carbonyl (C=O) groups excluding carboxylic acids is 1. The minimum absolute atomic E-state index is 0.0554. The van der Waals surface area contributed by atoms with Gasteiger partial charge in [0.1, 0.15) is 0 Å². The molecule has 3 atom stereocenters. The standard InChI is InChI=1S/C17H25N5OS/c1-11(13-3-5-14(18)6-4-13)22-17(23)12(2)20-8-15(19)7-16-9-24-10-21-16/h3-6,9-12,15,20H,7-8,18-19H2,1-2H3,(H,22,23)/t11-,12+,15+/m1/s1. The van der Waals surface area contributed by atoms with Crippen molar-refractivity contribution >= 4 is 22.9 Å². The quantitative estimate of drug-likeness (QED) is 0.541. The van der Waals surface area contributed by atoms with Crippen LogP contribution < -0.4 is 22.1 Å². The average molecular weight is 347 g/mol. The zero-order chi connectivity index (χ0) is 17.5. The predicted molar refractivity (Wildman–Crippen MR) is 98.7 cm³/mol. The van der Waals surface area contributed by atoms with Gasteiger partial charge in [0, 0.05) is 30.1 Å². The molecule has 1 aromatic carbocycles. The topological polar surface area (TPSA) is 106 Å². The van der Waals surface area contributed by atoms with E-state index >= 15 is 0 Å². The van der Waals surface area contributed by atoms with Crippen LogP contribution >= 0.6 is 11.3 Å². The first-order valence-corrected chi connectivity index (χ1v) is 8.92. The Balaban J connectivity index is 1.76. The fourth-order valence-electron chi connectivity index (χ4n) is 2.31. The number of amides is 1. The van der Waals surface area contributed by atoms with Crippen LogP contribution in [0.25, 0.3) is 0 Å². The number of hydrogen-bond donors (Lipinski definition) is 4. The van der Waals surface area contributed by atoms with E-state index in [4.69, 9.17) is 11.5 Å². The van der Waals surface area contributed by atoms with Gasteiger partial charge in [-0.3, -0.25) is 4.79 Å². The van der Waals surface area contributed by atoms with Gasteiger partial charge in [0.15, 0.2) is 0 Å². The fraction of sp³-hybridized carbons (Fsp3) is 0.412. The maximum Gasteiger partial charge on any atom is 0.237 e. The number of aromatic nitrogens is 1. The fourth-order valence-corrected chi connectivity index (χ4v) is 2.88. The van der Waals surface area contributed by atoms with Crippen molar-refractivity contribution in [3.63, 3.8) is 0 Å². The minimum atomic E-state index is -0.317. The van der Waals surface area contributed by atoms with Crippen molar-refractivity contribution in [3.05, 3.63) is 46.4 Å². The maximum atomic E-state index is 12.3. The highest BCUT2D eigenvalue weighted by Crippen LogP contribution is 2.14. The summed E-state index contributed by atoms with van der Waals surface area (Å²) in [5.41, 5.74) is 16.3. The van der Waals surface area contributed by atoms with Gasteiger partial charge in [-0.25, -0.2) is 4.98 Å². The van der Waals surface area contributed by atoms with Crippen LogP contribution in [-0.2, 0) is 11.2 Å². The van der Waals surface area contributed by atoms with Crippen LogP contribution in [0.1, 0.15) is 31.1 Å². The summed E-state index contributed by atoms with van der Waals surface area (Å²) in [6.07, 6.45) is 0.701. The maximum absolute atomic E-state index is 12.3. The first kappa shape index (κ1) is 18.4. The molecule has 0 unspecified atom stereocenters. The third-order valence-electron chi connectivity index (χ3n) is 3.83. The molecule has 6 nitrogen and oxygen atoms in total. The van der Waals surface area contributed by atoms with Gasteiger partial charge >= 0.3 is 0 Å². The first-order valence-electron chi connectivity index (χ1n) is 7.97. The SMILES string of the molecule is C[C@H](NC[C@@H](N)Cc1cscn1)C(=O)N[C@H](C)c1ccc(N)cc1. The molecule has 0 aliphatic heterocycles. The number of carbonyl (C=O) groups is 1. The summed E-state index contributed by atoms with van der Waals surface area (Å²) in [6, 6.07) is 7.03. The van der Waals surface area contributed by atoms with Crippen LogP contribution in [0, 0.1) is 0 Å². The van der Waals surface area contributed by atoms with Crippen molar-refractivity contribution in [1.82, 2.24) is 15.6 Å². The van der Waals surface area contributed by atoms with Crippen molar-refractivity contribution in [2.24, 2.45) is 5.73 Å². The van der Waals surface area contributed by atoms with Crippen molar-refractivity contribution in [1.29, 1.82) is 0 Å². The number of nitrogens with two attached hydrogens (primary N) is 2. The van der Waals surface area contributed by atoms with E-state index < -0.39 is 0 Å². The van der Waals surface area contributed by atoms with Crippen molar-refractivity contribution in [3.8, 4) is 0 Å². The van der Waals surface area contributed by atoms with E-state index in [-0.39, 0.29) is 24.0 Å². The summed E-state index contributed by atoms with van der Waals surface area (Å²) in [4.78, 5) is 16.5. The molecule has 1 heterocycles. The highest BCUT2D eigenvalue weighted by Gasteiger charge is 2.17. The molecule has 0 saturated carbocycles. The lowest BCUT2D eigenvalue weighted by atomic mass is 10.1. The van der Waals surface area contributed by atoms with E-state index in [9.17, 15) is 4.79 Å². The minimum Gasteiger partial charge on any atom is -0.399 e. The predicted octanol–water partition coefficient (Wildman–Crippen LogP) is 1.45. The van der Waals surface area contributed by atoms with Crippen molar-refractivity contribution in [2.75, 3.05) is 12.3 Å². The molecule has 0 spiro atoms. The first-order chi connectivity index (χ1) is 11.5. The second kappa shape index (κ2) is 8.77. The third-order valence-corrected chi connectivity index (χ3v) is 4.46. The highest BCUT2D eigenvalue weighted by molar-refractivity contribution is 7.07. The van der Waals surface area contributed by atoms with Crippen LogP contribution in [0.5, 0.6) is 0 Å². The number of nitrogens with zero attached hydrogens (tertiary/aromatic N) is 1. The number of nitrogens with one attached hydrogen (secondary N) is 2. The molecule has 0 saturated heterocycles. The molecule has 6 N–H and O–H groups in total. The smallest absolute Gasteiger partial charge is 0.237 e. The number of rotatable bonds is 8. The molecular weight excluding hydrogens is 322 g/mol. The van der Waals surface area contributed by atoms with Gasteiger partial charge in [-0.15, -0.1) is 11.3 Å². The lowest BCUT2D eigenvalue weighted by Gasteiger charge is -2.20. The van der Waals surface area contributed by atoms with Crippen molar-refractivity contribution < 1.29 is 4.79 Å². The zero-order valence-corrected chi connectivity index (χ0v) is 14.8. The summed E-state index contributed by atoms with van der Waals surface area (Å²) in [7, 11) is 0. The van der Waals surface area contributed by atoms with Gasteiger partial charge in [-0.1, -0.05) is 12.1 Å². The van der Waals surface area contributed by atoms with Gasteiger partial charge in [0.05, 0.1) is 23.3 Å². The largest absolute Gasteiger partial charge is 0.399 e. The number of thiazole rings is 1. The molecular formula is C17H25N5OS. The molecule has 130 valence electrons. The summed E-state index contributed by atoms with van der Waals surface area (Å²) in [5.74, 6) is -0.0554. The summed E-state index contributed by atoms with van der Waals surface area (Å²) >= 11 is 1.56. The van der Waals surface area contributed by atoms with Crippen LogP contribution in [0.3, 0.4) is 0 Å². The number of hydrogen-bond acceptors (Lipinski definition) is 6. The van der Waals surface area contributed by atoms with Gasteiger partial charge in [-0.2, -0.15) is 0 Å². The second-order valence-electron chi connectivity index (χ2n) is 5.97. The molecule has 1 amide bonds. The van der Waals surface area contributed by atoms with Crippen LogP contribution in [0.2, 0.25) is 0 Å². The molecule has 2 rings (SSSR count). The Morgan fingerprint density at radius 1 is 1.29 bits per heavy atom. The normalized spacial score (nSPS) is 14.8. The molecule has 2 aromatic rings. The van der Waals surface area contributed by atoms with Crippen LogP contribution in [-0.4, -0.2) is 29.5 Å². The molecule has 0 fully saturated rings. The number of nitrogen functional groups attached to an aromatic ring is 1. The van der Waals surface area contributed by atoms with E-state index in [0.29, 0.717) is 18.7 Å².